The number of benzene rings is 1. The van der Waals surface area contributed by atoms with Gasteiger partial charge in [0.15, 0.2) is 5.78 Å². The molecular weight excluding hydrogens is 254 g/mol. The van der Waals surface area contributed by atoms with Crippen molar-refractivity contribution in [3.63, 3.8) is 0 Å². The number of hydrogen-bond donors (Lipinski definition) is 1. The number of aryl methyl sites for hydroxylation is 1. The smallest absolute Gasteiger partial charge is 0.176 e. The molecule has 0 heterocycles. The van der Waals surface area contributed by atoms with Gasteiger partial charge in [-0.25, -0.2) is 0 Å². The maximum absolute atomic E-state index is 12.0. The minimum atomic E-state index is 0.0977. The summed E-state index contributed by atoms with van der Waals surface area (Å²) in [6, 6.07) is 5.50. The maximum atomic E-state index is 12.0. The van der Waals surface area contributed by atoms with Gasteiger partial charge in [-0.15, -0.1) is 0 Å². The number of carbonyl (C=O) groups excluding carboxylic acids is 1. The summed E-state index contributed by atoms with van der Waals surface area (Å²) in [4.78, 5) is 12.0. The summed E-state index contributed by atoms with van der Waals surface area (Å²) >= 11 is 0. The zero-order valence-corrected chi connectivity index (χ0v) is 12.9. The van der Waals surface area contributed by atoms with E-state index in [4.69, 9.17) is 9.47 Å². The molecule has 4 heteroatoms. The van der Waals surface area contributed by atoms with Crippen LogP contribution in [0, 0.1) is 6.92 Å². The van der Waals surface area contributed by atoms with Crippen LogP contribution in [0.1, 0.15) is 36.2 Å². The van der Waals surface area contributed by atoms with E-state index in [-0.39, 0.29) is 11.9 Å². The van der Waals surface area contributed by atoms with Crippen molar-refractivity contribution in [1.82, 2.24) is 5.32 Å². The van der Waals surface area contributed by atoms with Gasteiger partial charge in [-0.3, -0.25) is 4.79 Å². The lowest BCUT2D eigenvalue weighted by Gasteiger charge is -2.09. The van der Waals surface area contributed by atoms with E-state index in [2.05, 4.69) is 5.32 Å². The third kappa shape index (κ3) is 5.72. The standard InChI is InChI=1S/C16H25NO3/c1-12(2)20-9-5-8-17-11-15(18)14-6-7-16(19-4)13(3)10-14/h6-7,10,12,17H,5,8-9,11H2,1-4H3. The van der Waals surface area contributed by atoms with E-state index < -0.39 is 0 Å². The van der Waals surface area contributed by atoms with E-state index in [1.165, 1.54) is 0 Å². The molecular formula is C16H25NO3. The van der Waals surface area contributed by atoms with Crippen LogP contribution < -0.4 is 10.1 Å². The second-order valence-electron chi connectivity index (χ2n) is 5.06. The van der Waals surface area contributed by atoms with Crippen LogP contribution in [0.15, 0.2) is 18.2 Å². The molecule has 0 aromatic heterocycles. The van der Waals surface area contributed by atoms with Gasteiger partial charge in [0.05, 0.1) is 19.8 Å². The monoisotopic (exact) mass is 279 g/mol. The Morgan fingerprint density at radius 3 is 2.70 bits per heavy atom. The van der Waals surface area contributed by atoms with E-state index in [1.807, 2.05) is 32.9 Å². The molecule has 0 amide bonds. The molecule has 0 bridgehead atoms. The second kappa shape index (κ2) is 8.72. The fourth-order valence-electron chi connectivity index (χ4n) is 1.87. The average molecular weight is 279 g/mol. The molecule has 0 spiro atoms. The van der Waals surface area contributed by atoms with Crippen molar-refractivity contribution in [2.75, 3.05) is 26.8 Å². The molecule has 0 saturated heterocycles. The Bertz CT molecular complexity index is 430. The largest absolute Gasteiger partial charge is 0.496 e. The quantitative estimate of drug-likeness (QED) is 0.557. The molecule has 1 N–H and O–H groups in total. The molecule has 20 heavy (non-hydrogen) atoms. The van der Waals surface area contributed by atoms with Gasteiger partial charge in [-0.2, -0.15) is 0 Å². The topological polar surface area (TPSA) is 47.6 Å². The van der Waals surface area contributed by atoms with Gasteiger partial charge in [-0.05, 0) is 57.5 Å². The Kier molecular flexibility index (Phi) is 7.26. The van der Waals surface area contributed by atoms with E-state index in [0.717, 1.165) is 30.9 Å². The molecule has 0 radical (unpaired) electrons. The van der Waals surface area contributed by atoms with Crippen LogP contribution in [0.5, 0.6) is 5.75 Å². The van der Waals surface area contributed by atoms with Gasteiger partial charge in [0, 0.05) is 12.2 Å². The number of nitrogens with one attached hydrogen (secondary N) is 1. The fourth-order valence-corrected chi connectivity index (χ4v) is 1.87. The van der Waals surface area contributed by atoms with Crippen molar-refractivity contribution in [3.8, 4) is 5.75 Å². The summed E-state index contributed by atoms with van der Waals surface area (Å²) in [6.07, 6.45) is 1.17. The van der Waals surface area contributed by atoms with Crippen LogP contribution in [0.4, 0.5) is 0 Å². The first-order valence-corrected chi connectivity index (χ1v) is 7.04. The Morgan fingerprint density at radius 2 is 2.10 bits per heavy atom. The first-order valence-electron chi connectivity index (χ1n) is 7.04. The highest BCUT2D eigenvalue weighted by atomic mass is 16.5. The lowest BCUT2D eigenvalue weighted by Crippen LogP contribution is -2.25. The molecule has 0 aliphatic rings. The Morgan fingerprint density at radius 1 is 1.35 bits per heavy atom. The highest BCUT2D eigenvalue weighted by molar-refractivity contribution is 5.97. The van der Waals surface area contributed by atoms with Gasteiger partial charge in [-0.1, -0.05) is 0 Å². The molecule has 112 valence electrons. The number of carbonyl (C=O) groups is 1. The lowest BCUT2D eigenvalue weighted by atomic mass is 10.1. The predicted octanol–water partition coefficient (Wildman–Crippen LogP) is 2.59. The van der Waals surface area contributed by atoms with Crippen LogP contribution in [0.2, 0.25) is 0 Å². The Hall–Kier alpha value is -1.39. The average Bonchev–Trinajstić information content (AvgIpc) is 2.42. The summed E-state index contributed by atoms with van der Waals surface area (Å²) in [5.74, 6) is 0.904. The molecule has 0 aliphatic carbocycles. The summed E-state index contributed by atoms with van der Waals surface area (Å²) in [6.45, 7) is 7.83. The molecule has 1 rings (SSSR count). The third-order valence-corrected chi connectivity index (χ3v) is 2.95. The molecule has 0 atom stereocenters. The zero-order chi connectivity index (χ0) is 15.0. The summed E-state index contributed by atoms with van der Waals surface area (Å²) in [5, 5.41) is 3.14. The summed E-state index contributed by atoms with van der Waals surface area (Å²) < 4.78 is 10.6. The van der Waals surface area contributed by atoms with E-state index in [0.29, 0.717) is 12.1 Å². The number of ketones is 1. The first kappa shape index (κ1) is 16.7. The molecule has 1 aromatic rings. The van der Waals surface area contributed by atoms with E-state index >= 15 is 0 Å². The number of rotatable bonds is 9. The van der Waals surface area contributed by atoms with Gasteiger partial charge >= 0.3 is 0 Å². The maximum Gasteiger partial charge on any atom is 0.176 e. The molecule has 1 aromatic carbocycles. The zero-order valence-electron chi connectivity index (χ0n) is 12.9. The molecule has 0 aliphatic heterocycles. The van der Waals surface area contributed by atoms with Gasteiger partial charge in [0.1, 0.15) is 5.75 Å². The molecule has 4 nitrogen and oxygen atoms in total. The summed E-state index contributed by atoms with van der Waals surface area (Å²) in [7, 11) is 1.63. The number of hydrogen-bond acceptors (Lipinski definition) is 4. The third-order valence-electron chi connectivity index (χ3n) is 2.95. The van der Waals surface area contributed by atoms with E-state index in [9.17, 15) is 4.79 Å². The van der Waals surface area contributed by atoms with Crippen LogP contribution in [-0.4, -0.2) is 38.7 Å². The predicted molar refractivity (Wildman–Crippen MR) is 80.6 cm³/mol. The Labute approximate surface area is 121 Å². The van der Waals surface area contributed by atoms with Gasteiger partial charge in [0.2, 0.25) is 0 Å². The second-order valence-corrected chi connectivity index (χ2v) is 5.06. The highest BCUT2D eigenvalue weighted by Crippen LogP contribution is 2.18. The van der Waals surface area contributed by atoms with Crippen molar-refractivity contribution in [2.24, 2.45) is 0 Å². The molecule has 0 unspecified atom stereocenters. The van der Waals surface area contributed by atoms with Crippen LogP contribution in [-0.2, 0) is 4.74 Å². The fraction of sp³-hybridized carbons (Fsp3) is 0.562. The minimum Gasteiger partial charge on any atom is -0.496 e. The summed E-state index contributed by atoms with van der Waals surface area (Å²) in [5.41, 5.74) is 1.69. The van der Waals surface area contributed by atoms with Gasteiger partial charge < -0.3 is 14.8 Å². The van der Waals surface area contributed by atoms with Gasteiger partial charge in [0.25, 0.3) is 0 Å². The number of methoxy groups -OCH3 is 1. The van der Waals surface area contributed by atoms with Crippen LogP contribution in [0.25, 0.3) is 0 Å². The number of ether oxygens (including phenoxy) is 2. The van der Waals surface area contributed by atoms with E-state index in [1.54, 1.807) is 13.2 Å². The van der Waals surface area contributed by atoms with Crippen molar-refractivity contribution in [3.05, 3.63) is 29.3 Å². The molecule has 0 fully saturated rings. The normalized spacial score (nSPS) is 10.8. The SMILES string of the molecule is COc1ccc(C(=O)CNCCCOC(C)C)cc1C. The van der Waals surface area contributed by atoms with Crippen LogP contribution >= 0.6 is 0 Å². The Balaban J connectivity index is 2.31. The highest BCUT2D eigenvalue weighted by Gasteiger charge is 2.07. The number of Topliss-reactive ketones (excluding diaryl/α,β-unsaturated/α-hetero) is 1. The van der Waals surface area contributed by atoms with Crippen LogP contribution in [0.3, 0.4) is 0 Å². The first-order chi connectivity index (χ1) is 9.54. The van der Waals surface area contributed by atoms with Crippen molar-refractivity contribution in [2.45, 2.75) is 33.3 Å². The minimum absolute atomic E-state index is 0.0977. The van der Waals surface area contributed by atoms with Crippen molar-refractivity contribution >= 4 is 5.78 Å². The van der Waals surface area contributed by atoms with Crippen molar-refractivity contribution < 1.29 is 14.3 Å². The molecule has 0 saturated carbocycles. The lowest BCUT2D eigenvalue weighted by molar-refractivity contribution is 0.0767. The van der Waals surface area contributed by atoms with Crippen molar-refractivity contribution in [1.29, 1.82) is 0 Å².